The minimum atomic E-state index is -1.11. The van der Waals surface area contributed by atoms with Crippen molar-refractivity contribution in [2.24, 2.45) is 11.7 Å². The molecule has 2 aromatic carbocycles. The van der Waals surface area contributed by atoms with Gasteiger partial charge in [-0.3, -0.25) is 9.59 Å². The molecule has 1 fully saturated rings. The van der Waals surface area contributed by atoms with E-state index >= 15 is 0 Å². The maximum absolute atomic E-state index is 12.8. The summed E-state index contributed by atoms with van der Waals surface area (Å²) < 4.78 is 10.7. The van der Waals surface area contributed by atoms with Gasteiger partial charge in [-0.15, -0.1) is 0 Å². The second-order valence-corrected chi connectivity index (χ2v) is 8.50. The van der Waals surface area contributed by atoms with Crippen LogP contribution >= 0.6 is 0 Å². The lowest BCUT2D eigenvalue weighted by Gasteiger charge is -2.22. The Morgan fingerprint density at radius 1 is 0.879 bits per heavy atom. The molecule has 0 bridgehead atoms. The molecule has 0 saturated heterocycles. The molecule has 1 aliphatic rings. The summed E-state index contributed by atoms with van der Waals surface area (Å²) in [7, 11) is 0. The van der Waals surface area contributed by atoms with Gasteiger partial charge in [-0.2, -0.15) is 0 Å². The molecule has 1 aliphatic carbocycles. The van der Waals surface area contributed by atoms with Crippen molar-refractivity contribution in [2.45, 2.75) is 63.8 Å². The first-order valence-corrected chi connectivity index (χ1v) is 11.5. The summed E-state index contributed by atoms with van der Waals surface area (Å²) in [4.78, 5) is 37.6. The zero-order valence-corrected chi connectivity index (χ0v) is 18.8. The SMILES string of the molecule is N[C@@H](CC(=O)OCc1ccccc1)C(=O)N[C@@H](CC1CCCC1)C(=O)OCc1ccccc1. The number of carbonyl (C=O) groups excluding carboxylic acids is 3. The van der Waals surface area contributed by atoms with Gasteiger partial charge in [-0.1, -0.05) is 86.3 Å². The van der Waals surface area contributed by atoms with Crippen LogP contribution < -0.4 is 11.1 Å². The van der Waals surface area contributed by atoms with Crippen LogP contribution in [0.25, 0.3) is 0 Å². The van der Waals surface area contributed by atoms with Crippen LogP contribution in [0.2, 0.25) is 0 Å². The molecule has 176 valence electrons. The van der Waals surface area contributed by atoms with Crippen LogP contribution in [-0.4, -0.2) is 29.9 Å². The van der Waals surface area contributed by atoms with E-state index in [1.54, 1.807) is 0 Å². The van der Waals surface area contributed by atoms with Crippen molar-refractivity contribution in [3.05, 3.63) is 71.8 Å². The average molecular weight is 453 g/mol. The fraction of sp³-hybridized carbons (Fsp3) is 0.423. The zero-order chi connectivity index (χ0) is 23.5. The Morgan fingerprint density at radius 2 is 1.42 bits per heavy atom. The van der Waals surface area contributed by atoms with Crippen LogP contribution in [0.15, 0.2) is 60.7 Å². The molecule has 2 aromatic rings. The van der Waals surface area contributed by atoms with Crippen LogP contribution in [0, 0.1) is 5.92 Å². The van der Waals surface area contributed by atoms with E-state index in [2.05, 4.69) is 5.32 Å². The molecular formula is C26H32N2O5. The van der Waals surface area contributed by atoms with Crippen LogP contribution in [0.5, 0.6) is 0 Å². The number of nitrogens with two attached hydrogens (primary N) is 1. The summed E-state index contributed by atoms with van der Waals surface area (Å²) in [6.07, 6.45) is 4.53. The van der Waals surface area contributed by atoms with Gasteiger partial charge < -0.3 is 20.5 Å². The van der Waals surface area contributed by atoms with E-state index in [9.17, 15) is 14.4 Å². The third-order valence-electron chi connectivity index (χ3n) is 5.83. The summed E-state index contributed by atoms with van der Waals surface area (Å²) in [5, 5.41) is 2.71. The van der Waals surface area contributed by atoms with E-state index in [4.69, 9.17) is 15.2 Å². The Morgan fingerprint density at radius 3 is 2.00 bits per heavy atom. The first kappa shape index (κ1) is 24.5. The predicted molar refractivity (Wildman–Crippen MR) is 124 cm³/mol. The summed E-state index contributed by atoms with van der Waals surface area (Å²) in [6.45, 7) is 0.249. The Hall–Kier alpha value is -3.19. The Labute approximate surface area is 194 Å². The molecule has 7 nitrogen and oxygen atoms in total. The first-order chi connectivity index (χ1) is 16.0. The molecule has 3 rings (SSSR count). The molecule has 0 aliphatic heterocycles. The van der Waals surface area contributed by atoms with E-state index in [1.807, 2.05) is 60.7 Å². The minimum Gasteiger partial charge on any atom is -0.461 e. The smallest absolute Gasteiger partial charge is 0.328 e. The van der Waals surface area contributed by atoms with E-state index in [-0.39, 0.29) is 19.6 Å². The van der Waals surface area contributed by atoms with Crippen LogP contribution in [0.1, 0.15) is 49.7 Å². The lowest BCUT2D eigenvalue weighted by molar-refractivity contribution is -0.150. The third-order valence-corrected chi connectivity index (χ3v) is 5.83. The van der Waals surface area contributed by atoms with Crippen molar-refractivity contribution in [1.82, 2.24) is 5.32 Å². The number of amides is 1. The highest BCUT2D eigenvalue weighted by atomic mass is 16.5. The van der Waals surface area contributed by atoms with Crippen molar-refractivity contribution in [3.63, 3.8) is 0 Å². The van der Waals surface area contributed by atoms with Crippen molar-refractivity contribution >= 4 is 17.8 Å². The zero-order valence-electron chi connectivity index (χ0n) is 18.8. The number of benzene rings is 2. The minimum absolute atomic E-state index is 0.115. The molecule has 0 aromatic heterocycles. The van der Waals surface area contributed by atoms with Crippen molar-refractivity contribution in [1.29, 1.82) is 0 Å². The van der Waals surface area contributed by atoms with Gasteiger partial charge in [0.05, 0.1) is 12.5 Å². The Bertz CT molecular complexity index is 897. The summed E-state index contributed by atoms with van der Waals surface area (Å²) in [5.41, 5.74) is 7.66. The molecule has 1 amide bonds. The lowest BCUT2D eigenvalue weighted by Crippen LogP contribution is -2.50. The van der Waals surface area contributed by atoms with Gasteiger partial charge in [0.15, 0.2) is 0 Å². The number of esters is 2. The second kappa shape index (κ2) is 12.7. The van der Waals surface area contributed by atoms with Crippen molar-refractivity contribution in [2.75, 3.05) is 0 Å². The number of carbonyl (C=O) groups is 3. The highest BCUT2D eigenvalue weighted by molar-refractivity contribution is 5.90. The van der Waals surface area contributed by atoms with Gasteiger partial charge in [-0.25, -0.2) is 4.79 Å². The fourth-order valence-corrected chi connectivity index (χ4v) is 3.97. The molecule has 1 saturated carbocycles. The topological polar surface area (TPSA) is 108 Å². The standard InChI is InChI=1S/C26H32N2O5/c27-22(16-24(29)32-17-20-11-3-1-4-12-20)25(30)28-23(15-19-9-7-8-10-19)26(31)33-18-21-13-5-2-6-14-21/h1-6,11-14,19,22-23H,7-10,15-18,27H2,(H,28,30)/t22-,23-/m0/s1. The van der Waals surface area contributed by atoms with Crippen molar-refractivity contribution in [3.8, 4) is 0 Å². The fourth-order valence-electron chi connectivity index (χ4n) is 3.97. The highest BCUT2D eigenvalue weighted by Gasteiger charge is 2.30. The van der Waals surface area contributed by atoms with E-state index < -0.39 is 29.9 Å². The number of hydrogen-bond acceptors (Lipinski definition) is 6. The van der Waals surface area contributed by atoms with Crippen LogP contribution in [0.3, 0.4) is 0 Å². The highest BCUT2D eigenvalue weighted by Crippen LogP contribution is 2.29. The largest absolute Gasteiger partial charge is 0.461 e. The Balaban J connectivity index is 1.51. The van der Waals surface area contributed by atoms with Gasteiger partial charge in [0, 0.05) is 0 Å². The van der Waals surface area contributed by atoms with Crippen LogP contribution in [0.4, 0.5) is 0 Å². The Kier molecular flexibility index (Phi) is 9.44. The molecule has 7 heteroatoms. The first-order valence-electron chi connectivity index (χ1n) is 11.5. The molecule has 0 heterocycles. The van der Waals surface area contributed by atoms with E-state index in [1.165, 1.54) is 0 Å². The van der Waals surface area contributed by atoms with Gasteiger partial charge in [0.25, 0.3) is 0 Å². The molecule has 2 atom stereocenters. The molecule has 0 unspecified atom stereocenters. The number of hydrogen-bond donors (Lipinski definition) is 2. The van der Waals surface area contributed by atoms with Crippen molar-refractivity contribution < 1.29 is 23.9 Å². The maximum atomic E-state index is 12.8. The van der Waals surface area contributed by atoms with E-state index in [0.717, 1.165) is 36.8 Å². The molecule has 0 spiro atoms. The summed E-state index contributed by atoms with van der Waals surface area (Å²) >= 11 is 0. The summed E-state index contributed by atoms with van der Waals surface area (Å²) in [6, 6.07) is 16.7. The number of nitrogens with one attached hydrogen (secondary N) is 1. The quantitative estimate of drug-likeness (QED) is 0.507. The number of rotatable bonds is 11. The van der Waals surface area contributed by atoms with Crippen LogP contribution in [-0.2, 0) is 37.1 Å². The normalized spacial score (nSPS) is 15.4. The van der Waals surface area contributed by atoms with Gasteiger partial charge >= 0.3 is 11.9 Å². The molecular weight excluding hydrogens is 420 g/mol. The monoisotopic (exact) mass is 452 g/mol. The van der Waals surface area contributed by atoms with Gasteiger partial charge in [0.2, 0.25) is 5.91 Å². The summed E-state index contributed by atoms with van der Waals surface area (Å²) in [5.74, 6) is -1.27. The van der Waals surface area contributed by atoms with Gasteiger partial charge in [0.1, 0.15) is 19.3 Å². The van der Waals surface area contributed by atoms with E-state index in [0.29, 0.717) is 12.3 Å². The molecule has 33 heavy (non-hydrogen) atoms. The third kappa shape index (κ3) is 8.35. The average Bonchev–Trinajstić information content (AvgIpc) is 3.35. The molecule has 3 N–H and O–H groups in total. The molecule has 0 radical (unpaired) electrons. The lowest BCUT2D eigenvalue weighted by atomic mass is 9.98. The number of ether oxygens (including phenoxy) is 2. The second-order valence-electron chi connectivity index (χ2n) is 8.50. The predicted octanol–water partition coefficient (Wildman–Crippen LogP) is 3.26. The van der Waals surface area contributed by atoms with Gasteiger partial charge in [-0.05, 0) is 23.5 Å². The maximum Gasteiger partial charge on any atom is 0.328 e.